The summed E-state index contributed by atoms with van der Waals surface area (Å²) in [6.07, 6.45) is 0. The Balaban J connectivity index is 1.13. The van der Waals surface area contributed by atoms with Gasteiger partial charge in [-0.2, -0.15) is 0 Å². The lowest BCUT2D eigenvalue weighted by Crippen LogP contribution is -2.10. The van der Waals surface area contributed by atoms with Crippen LogP contribution < -0.4 is 4.90 Å². The van der Waals surface area contributed by atoms with Crippen molar-refractivity contribution in [3.63, 3.8) is 0 Å². The number of hydrogen-bond donors (Lipinski definition) is 0. The lowest BCUT2D eigenvalue weighted by atomic mass is 9.87. The number of fused-ring (bicyclic) bond motifs is 5. The van der Waals surface area contributed by atoms with Gasteiger partial charge in [0, 0.05) is 32.9 Å². The molecule has 250 valence electrons. The Bertz CT molecular complexity index is 3430. The summed E-state index contributed by atoms with van der Waals surface area (Å²) in [6.45, 7) is 0. The first-order valence-electron chi connectivity index (χ1n) is 18.6. The molecule has 2 heteroatoms. The topological polar surface area (TPSA) is 16.4 Å². The summed E-state index contributed by atoms with van der Waals surface area (Å²) in [4.78, 5) is 2.42. The van der Waals surface area contributed by atoms with Crippen molar-refractivity contribution < 1.29 is 4.42 Å². The Morgan fingerprint density at radius 1 is 0.296 bits per heavy atom. The molecule has 0 unspecified atom stereocenters. The van der Waals surface area contributed by atoms with E-state index in [4.69, 9.17) is 4.42 Å². The van der Waals surface area contributed by atoms with Gasteiger partial charge in [0.15, 0.2) is 0 Å². The molecule has 2 nitrogen and oxygen atoms in total. The molecule has 0 aliphatic carbocycles. The van der Waals surface area contributed by atoms with Crippen molar-refractivity contribution in [2.75, 3.05) is 4.90 Å². The third-order valence-corrected chi connectivity index (χ3v) is 11.5. The predicted octanol–water partition coefficient (Wildman–Crippen LogP) is 15.1. The maximum atomic E-state index is 6.25. The highest BCUT2D eigenvalue weighted by Gasteiger charge is 2.21. The van der Waals surface area contributed by atoms with Gasteiger partial charge in [0.1, 0.15) is 11.2 Å². The van der Waals surface area contributed by atoms with Gasteiger partial charge >= 0.3 is 0 Å². The largest absolute Gasteiger partial charge is 0.456 e. The van der Waals surface area contributed by atoms with Crippen molar-refractivity contribution in [2.45, 2.75) is 0 Å². The van der Waals surface area contributed by atoms with Crippen LogP contribution in [-0.2, 0) is 0 Å². The molecule has 0 amide bonds. The molecule has 54 heavy (non-hydrogen) atoms. The van der Waals surface area contributed by atoms with E-state index in [9.17, 15) is 0 Å². The van der Waals surface area contributed by atoms with Gasteiger partial charge in [0.25, 0.3) is 0 Å². The molecule has 11 aromatic carbocycles. The molecule has 0 bridgehead atoms. The fourth-order valence-electron chi connectivity index (χ4n) is 9.18. The number of nitrogens with zero attached hydrogens (tertiary/aromatic N) is 1. The van der Waals surface area contributed by atoms with Crippen molar-refractivity contribution in [2.24, 2.45) is 0 Å². The first-order valence-corrected chi connectivity index (χ1v) is 18.6. The number of rotatable bonds is 4. The number of benzene rings is 10. The molecule has 1 heterocycles. The van der Waals surface area contributed by atoms with Crippen LogP contribution >= 0.6 is 0 Å². The van der Waals surface area contributed by atoms with Crippen LogP contribution in [0.3, 0.4) is 0 Å². The van der Waals surface area contributed by atoms with Gasteiger partial charge in [-0.25, -0.2) is 0 Å². The zero-order valence-electron chi connectivity index (χ0n) is 29.3. The number of hydrogen-bond acceptors (Lipinski definition) is 2. The zero-order valence-corrected chi connectivity index (χ0v) is 29.3. The number of anilines is 3. The Hall–Kier alpha value is -7.16. The first-order chi connectivity index (χ1) is 26.8. The number of para-hydroxylation sites is 2. The summed E-state index contributed by atoms with van der Waals surface area (Å²) in [6, 6.07) is 68.7. The van der Waals surface area contributed by atoms with Gasteiger partial charge < -0.3 is 9.32 Å². The van der Waals surface area contributed by atoms with Crippen LogP contribution in [0.4, 0.5) is 17.1 Å². The molecule has 0 N–H and O–H groups in total. The second-order valence-electron chi connectivity index (χ2n) is 14.4. The third-order valence-electron chi connectivity index (χ3n) is 11.5. The highest BCUT2D eigenvalue weighted by molar-refractivity contribution is 6.38. The molecule has 0 fully saturated rings. The predicted molar refractivity (Wildman–Crippen MR) is 230 cm³/mol. The van der Waals surface area contributed by atoms with Crippen LogP contribution in [0, 0.1) is 0 Å². The van der Waals surface area contributed by atoms with Gasteiger partial charge in [-0.3, -0.25) is 0 Å². The van der Waals surface area contributed by atoms with Crippen LogP contribution in [0.1, 0.15) is 0 Å². The van der Waals surface area contributed by atoms with Gasteiger partial charge in [0.2, 0.25) is 0 Å². The van der Waals surface area contributed by atoms with Gasteiger partial charge in [-0.1, -0.05) is 140 Å². The van der Waals surface area contributed by atoms with Crippen molar-refractivity contribution in [3.05, 3.63) is 188 Å². The third kappa shape index (κ3) is 4.17. The molecule has 1 aromatic heterocycles. The molecular formula is C52H31NO. The van der Waals surface area contributed by atoms with Gasteiger partial charge in [0.05, 0.1) is 5.69 Å². The molecular weight excluding hydrogens is 655 g/mol. The van der Waals surface area contributed by atoms with E-state index < -0.39 is 0 Å². The van der Waals surface area contributed by atoms with Gasteiger partial charge in [-0.05, 0) is 114 Å². The van der Waals surface area contributed by atoms with E-state index in [2.05, 4.69) is 181 Å². The molecule has 0 aliphatic heterocycles. The number of furan rings is 1. The first kappa shape index (κ1) is 29.4. The average Bonchev–Trinajstić information content (AvgIpc) is 3.61. The Morgan fingerprint density at radius 3 is 1.54 bits per heavy atom. The summed E-state index contributed by atoms with van der Waals surface area (Å²) in [5.41, 5.74) is 7.46. The van der Waals surface area contributed by atoms with Crippen molar-refractivity contribution in [3.8, 4) is 11.1 Å². The molecule has 0 saturated carbocycles. The normalized spacial score (nSPS) is 12.1. The highest BCUT2D eigenvalue weighted by atomic mass is 16.3. The van der Waals surface area contributed by atoms with Crippen LogP contribution in [-0.4, -0.2) is 0 Å². The summed E-state index contributed by atoms with van der Waals surface area (Å²) in [7, 11) is 0. The fraction of sp³-hybridized carbons (Fsp3) is 0. The molecule has 0 aliphatic rings. The van der Waals surface area contributed by atoms with E-state index in [0.29, 0.717) is 0 Å². The Labute approximate surface area is 311 Å². The SMILES string of the molecule is c1ccc(N(c2ccc(-c3ccc4c(c3)oc3ccccc34)cc2)c2cc3cccc4c5cccc6ccc7cccc(c8cccc2c8c34)c7c65)cc1. The smallest absolute Gasteiger partial charge is 0.136 e. The maximum absolute atomic E-state index is 6.25. The maximum Gasteiger partial charge on any atom is 0.136 e. The molecule has 0 spiro atoms. The fourth-order valence-corrected chi connectivity index (χ4v) is 9.18. The quantitative estimate of drug-likeness (QED) is 0.172. The van der Waals surface area contributed by atoms with E-state index in [-0.39, 0.29) is 0 Å². The molecule has 12 rings (SSSR count). The summed E-state index contributed by atoms with van der Waals surface area (Å²) in [5, 5.41) is 17.6. The minimum Gasteiger partial charge on any atom is -0.456 e. The average molecular weight is 686 g/mol. The van der Waals surface area contributed by atoms with Crippen molar-refractivity contribution in [1.29, 1.82) is 0 Å². The van der Waals surface area contributed by atoms with E-state index in [1.54, 1.807) is 0 Å². The van der Waals surface area contributed by atoms with E-state index in [1.165, 1.54) is 64.6 Å². The summed E-state index contributed by atoms with van der Waals surface area (Å²) in [5.74, 6) is 0. The Kier molecular flexibility index (Phi) is 6.09. The summed E-state index contributed by atoms with van der Waals surface area (Å²) < 4.78 is 6.25. The van der Waals surface area contributed by atoms with Crippen molar-refractivity contribution >= 4 is 104 Å². The van der Waals surface area contributed by atoms with Gasteiger partial charge in [-0.15, -0.1) is 0 Å². The molecule has 0 radical (unpaired) electrons. The van der Waals surface area contributed by atoms with Crippen LogP contribution in [0.5, 0.6) is 0 Å². The second-order valence-corrected chi connectivity index (χ2v) is 14.4. The minimum atomic E-state index is 0.907. The molecule has 12 aromatic rings. The Morgan fingerprint density at radius 2 is 0.815 bits per heavy atom. The second kappa shape index (κ2) is 11.2. The lowest BCUT2D eigenvalue weighted by Gasteiger charge is -2.28. The minimum absolute atomic E-state index is 0.907. The van der Waals surface area contributed by atoms with Crippen LogP contribution in [0.15, 0.2) is 192 Å². The van der Waals surface area contributed by atoms with E-state index in [1.807, 2.05) is 12.1 Å². The van der Waals surface area contributed by atoms with Crippen LogP contribution in [0.2, 0.25) is 0 Å². The summed E-state index contributed by atoms with van der Waals surface area (Å²) >= 11 is 0. The van der Waals surface area contributed by atoms with E-state index in [0.717, 1.165) is 50.1 Å². The standard InChI is InChI=1S/C52H31NO/c1-2-13-37(14-3-1)53(38-27-24-32(25-28-38)35-26-29-40-39-15-4-5-21-47(39)54-48(40)31-35)46-30-36-12-8-18-42-41-16-6-10-33-22-23-34-11-7-17-43(50(34)49(33)41)44-19-9-20-45(46)52(44)51(36)42/h1-31H. The van der Waals surface area contributed by atoms with Crippen molar-refractivity contribution in [1.82, 2.24) is 0 Å². The zero-order chi connectivity index (χ0) is 35.3. The van der Waals surface area contributed by atoms with E-state index >= 15 is 0 Å². The monoisotopic (exact) mass is 685 g/mol. The molecule has 0 saturated heterocycles. The van der Waals surface area contributed by atoms with Crippen LogP contribution in [0.25, 0.3) is 97.7 Å². The highest BCUT2D eigenvalue weighted by Crippen LogP contribution is 2.48. The molecule has 0 atom stereocenters. The lowest BCUT2D eigenvalue weighted by molar-refractivity contribution is 0.669.